The second-order valence-corrected chi connectivity index (χ2v) is 10.9. The van der Waals surface area contributed by atoms with Crippen LogP contribution >= 0.6 is 11.3 Å². The number of sulfone groups is 1. The molecule has 2 aromatic heterocycles. The lowest BCUT2D eigenvalue weighted by Gasteiger charge is -2.10. The summed E-state index contributed by atoms with van der Waals surface area (Å²) in [6.07, 6.45) is 6.84. The van der Waals surface area contributed by atoms with E-state index in [1.165, 1.54) is 11.3 Å². The van der Waals surface area contributed by atoms with E-state index in [0.29, 0.717) is 18.0 Å². The summed E-state index contributed by atoms with van der Waals surface area (Å²) in [5.41, 5.74) is 1.67. The van der Waals surface area contributed by atoms with Gasteiger partial charge in [0.15, 0.2) is 20.8 Å². The highest BCUT2D eigenvalue weighted by Gasteiger charge is 2.29. The predicted octanol–water partition coefficient (Wildman–Crippen LogP) is 3.90. The smallest absolute Gasteiger partial charge is 0.227 e. The molecule has 30 heavy (non-hydrogen) atoms. The summed E-state index contributed by atoms with van der Waals surface area (Å²) in [7, 11) is -1.32. The number of imidazole rings is 1. The van der Waals surface area contributed by atoms with Gasteiger partial charge in [-0.15, -0.1) is 0 Å². The van der Waals surface area contributed by atoms with Crippen LogP contribution < -0.4 is 5.32 Å². The van der Waals surface area contributed by atoms with Gasteiger partial charge in [-0.1, -0.05) is 54.5 Å². The van der Waals surface area contributed by atoms with Crippen LogP contribution in [0.5, 0.6) is 0 Å². The third kappa shape index (κ3) is 4.46. The Balaban J connectivity index is 1.52. The number of amides is 1. The Morgan fingerprint density at radius 1 is 1.23 bits per heavy atom. The minimum absolute atomic E-state index is 0.0587. The van der Waals surface area contributed by atoms with Crippen LogP contribution in [0, 0.1) is 0 Å². The van der Waals surface area contributed by atoms with Gasteiger partial charge in [-0.3, -0.25) is 4.79 Å². The van der Waals surface area contributed by atoms with Gasteiger partial charge < -0.3 is 9.88 Å². The van der Waals surface area contributed by atoms with E-state index in [0.717, 1.165) is 34.8 Å². The van der Waals surface area contributed by atoms with E-state index in [1.54, 1.807) is 6.20 Å². The first kappa shape index (κ1) is 20.7. The lowest BCUT2D eigenvalue weighted by Crippen LogP contribution is -2.24. The van der Waals surface area contributed by atoms with Crippen molar-refractivity contribution in [1.29, 1.82) is 0 Å². The molecule has 1 N–H and O–H groups in total. The van der Waals surface area contributed by atoms with Crippen LogP contribution in [0.2, 0.25) is 0 Å². The van der Waals surface area contributed by atoms with Crippen molar-refractivity contribution in [3.05, 3.63) is 42.7 Å². The highest BCUT2D eigenvalue weighted by atomic mass is 32.2. The number of thiazole rings is 1. The topological polar surface area (TPSA) is 94.0 Å². The molecule has 1 aliphatic carbocycles. The zero-order valence-corrected chi connectivity index (χ0v) is 18.4. The van der Waals surface area contributed by atoms with Crippen LogP contribution in [0.3, 0.4) is 0 Å². The molecule has 4 rings (SSSR count). The van der Waals surface area contributed by atoms with Crippen molar-refractivity contribution >= 4 is 32.2 Å². The Hall–Kier alpha value is -2.52. The summed E-state index contributed by atoms with van der Waals surface area (Å²) in [6.45, 7) is 0. The maximum absolute atomic E-state index is 12.5. The monoisotopic (exact) mass is 444 g/mol. The van der Waals surface area contributed by atoms with Crippen LogP contribution in [0.25, 0.3) is 22.0 Å². The molecule has 0 aliphatic heterocycles. The first-order valence-corrected chi connectivity index (χ1v) is 12.5. The van der Waals surface area contributed by atoms with E-state index >= 15 is 0 Å². The van der Waals surface area contributed by atoms with Gasteiger partial charge in [0.2, 0.25) is 5.91 Å². The van der Waals surface area contributed by atoms with Gasteiger partial charge in [-0.2, -0.15) is 0 Å². The highest BCUT2D eigenvalue weighted by Crippen LogP contribution is 2.38. The van der Waals surface area contributed by atoms with E-state index < -0.39 is 9.84 Å². The first-order valence-electron chi connectivity index (χ1n) is 9.99. The lowest BCUT2D eigenvalue weighted by molar-refractivity contribution is -0.115. The standard InChI is InChI=1S/C21H24N4O3S2/c1-25-13-12-22-20(25)19-18(15-7-3-2-4-8-15)24-21(29-19)23-17(26)11-14-30(27,28)16-9-5-6-10-16/h2-4,7-8,12-13,16H,5-6,9-11,14H2,1H3,(H,23,24,26). The van der Waals surface area contributed by atoms with Crippen molar-refractivity contribution in [2.24, 2.45) is 7.05 Å². The van der Waals surface area contributed by atoms with E-state index in [4.69, 9.17) is 0 Å². The molecule has 0 spiro atoms. The normalized spacial score (nSPS) is 14.8. The quantitative estimate of drug-likeness (QED) is 0.596. The number of hydrogen-bond donors (Lipinski definition) is 1. The molecule has 0 atom stereocenters. The number of rotatable bonds is 7. The Labute approximate surface area is 180 Å². The Morgan fingerprint density at radius 3 is 2.63 bits per heavy atom. The van der Waals surface area contributed by atoms with Crippen molar-refractivity contribution in [2.75, 3.05) is 11.1 Å². The Kier molecular flexibility index (Phi) is 6.01. The highest BCUT2D eigenvalue weighted by molar-refractivity contribution is 7.92. The van der Waals surface area contributed by atoms with Crippen LogP contribution in [0.4, 0.5) is 5.13 Å². The molecule has 158 valence electrons. The zero-order valence-electron chi connectivity index (χ0n) is 16.7. The van der Waals surface area contributed by atoms with Crippen LogP contribution in [0.15, 0.2) is 42.7 Å². The van der Waals surface area contributed by atoms with E-state index in [9.17, 15) is 13.2 Å². The van der Waals surface area contributed by atoms with E-state index in [2.05, 4.69) is 15.3 Å². The van der Waals surface area contributed by atoms with Crippen LogP contribution in [-0.2, 0) is 21.7 Å². The molecule has 0 saturated heterocycles. The fraction of sp³-hybridized carbons (Fsp3) is 0.381. The number of aryl methyl sites for hydroxylation is 1. The van der Waals surface area contributed by atoms with Crippen LogP contribution in [-0.4, -0.2) is 39.9 Å². The van der Waals surface area contributed by atoms with E-state index in [-0.39, 0.29) is 23.3 Å². The summed E-state index contributed by atoms with van der Waals surface area (Å²) in [5.74, 6) is 0.305. The van der Waals surface area contributed by atoms with Crippen molar-refractivity contribution < 1.29 is 13.2 Å². The van der Waals surface area contributed by atoms with Gasteiger partial charge in [0.1, 0.15) is 0 Å². The van der Waals surface area contributed by atoms with Gasteiger partial charge >= 0.3 is 0 Å². The Morgan fingerprint density at radius 2 is 1.97 bits per heavy atom. The third-order valence-electron chi connectivity index (χ3n) is 5.37. The molecule has 1 aromatic carbocycles. The SMILES string of the molecule is Cn1ccnc1-c1sc(NC(=O)CCS(=O)(=O)C2CCCC2)nc1-c1ccccc1. The lowest BCUT2D eigenvalue weighted by atomic mass is 10.1. The molecule has 1 fully saturated rings. The maximum Gasteiger partial charge on any atom is 0.227 e. The molecule has 1 saturated carbocycles. The third-order valence-corrected chi connectivity index (χ3v) is 8.60. The maximum atomic E-state index is 12.5. The van der Waals surface area contributed by atoms with Crippen molar-refractivity contribution in [3.8, 4) is 22.0 Å². The molecule has 2 heterocycles. The van der Waals surface area contributed by atoms with Gasteiger partial charge in [0.25, 0.3) is 0 Å². The summed E-state index contributed by atoms with van der Waals surface area (Å²) >= 11 is 1.34. The number of nitrogens with zero attached hydrogens (tertiary/aromatic N) is 3. The van der Waals surface area contributed by atoms with Crippen molar-refractivity contribution in [2.45, 2.75) is 37.4 Å². The van der Waals surface area contributed by atoms with E-state index in [1.807, 2.05) is 48.1 Å². The van der Waals surface area contributed by atoms with Crippen molar-refractivity contribution in [3.63, 3.8) is 0 Å². The minimum atomic E-state index is -3.23. The number of hydrogen-bond acceptors (Lipinski definition) is 6. The summed E-state index contributed by atoms with van der Waals surface area (Å²) in [6, 6.07) is 9.72. The predicted molar refractivity (Wildman–Crippen MR) is 119 cm³/mol. The molecule has 0 bridgehead atoms. The van der Waals surface area contributed by atoms with Gasteiger partial charge in [0, 0.05) is 31.4 Å². The fourth-order valence-electron chi connectivity index (χ4n) is 3.73. The molecule has 9 heteroatoms. The molecule has 0 unspecified atom stereocenters. The van der Waals surface area contributed by atoms with Crippen LogP contribution in [0.1, 0.15) is 32.1 Å². The molecule has 3 aromatic rings. The van der Waals surface area contributed by atoms with Gasteiger partial charge in [-0.05, 0) is 12.8 Å². The number of carbonyl (C=O) groups is 1. The average molecular weight is 445 g/mol. The zero-order chi connectivity index (χ0) is 21.1. The second-order valence-electron chi connectivity index (χ2n) is 7.50. The molecule has 0 radical (unpaired) electrons. The number of nitrogens with one attached hydrogen (secondary N) is 1. The fourth-order valence-corrected chi connectivity index (χ4v) is 6.63. The number of anilines is 1. The first-order chi connectivity index (χ1) is 14.4. The molecular weight excluding hydrogens is 420 g/mol. The number of benzene rings is 1. The minimum Gasteiger partial charge on any atom is -0.333 e. The Bertz CT molecular complexity index is 1130. The largest absolute Gasteiger partial charge is 0.333 e. The molecule has 1 amide bonds. The van der Waals surface area contributed by atoms with Gasteiger partial charge in [-0.25, -0.2) is 18.4 Å². The second kappa shape index (κ2) is 8.69. The molecule has 1 aliphatic rings. The molecular formula is C21H24N4O3S2. The average Bonchev–Trinajstić information content (AvgIpc) is 3.48. The number of carbonyl (C=O) groups excluding carboxylic acids is 1. The summed E-state index contributed by atoms with van der Waals surface area (Å²) < 4.78 is 26.7. The van der Waals surface area contributed by atoms with Gasteiger partial charge in [0.05, 0.1) is 21.6 Å². The summed E-state index contributed by atoms with van der Waals surface area (Å²) in [5, 5.41) is 2.94. The molecule has 7 nitrogen and oxygen atoms in total. The summed E-state index contributed by atoms with van der Waals surface area (Å²) in [4.78, 5) is 22.3. The number of aromatic nitrogens is 3. The van der Waals surface area contributed by atoms with Crippen molar-refractivity contribution in [1.82, 2.24) is 14.5 Å².